The van der Waals surface area contributed by atoms with Crippen LogP contribution >= 0.6 is 11.6 Å². The molecule has 0 radical (unpaired) electrons. The lowest BCUT2D eigenvalue weighted by atomic mass is 9.96. The number of benzene rings is 1. The Balaban J connectivity index is 1.19. The Morgan fingerprint density at radius 3 is 2.91 bits per heavy atom. The van der Waals surface area contributed by atoms with Gasteiger partial charge in [-0.25, -0.2) is 9.78 Å². The molecule has 1 aromatic carbocycles. The third-order valence-corrected chi connectivity index (χ3v) is 7.17. The first-order valence-electron chi connectivity index (χ1n) is 10.9. The van der Waals surface area contributed by atoms with Gasteiger partial charge in [0, 0.05) is 18.5 Å². The first kappa shape index (κ1) is 21.6. The lowest BCUT2D eigenvalue weighted by molar-refractivity contribution is 0.0439. The zero-order valence-corrected chi connectivity index (χ0v) is 18.9. The number of ether oxygens (including phenoxy) is 2. The average Bonchev–Trinajstić information content (AvgIpc) is 3.71. The highest BCUT2D eigenvalue weighted by Crippen LogP contribution is 2.58. The topological polar surface area (TPSA) is 121 Å². The molecule has 33 heavy (non-hydrogen) atoms. The highest BCUT2D eigenvalue weighted by Gasteiger charge is 2.58. The molecule has 2 aromatic rings. The van der Waals surface area contributed by atoms with Gasteiger partial charge in [0.25, 0.3) is 5.88 Å². The van der Waals surface area contributed by atoms with E-state index in [-0.39, 0.29) is 34.6 Å². The quantitative estimate of drug-likeness (QED) is 0.644. The van der Waals surface area contributed by atoms with Crippen molar-refractivity contribution in [2.24, 2.45) is 11.3 Å². The summed E-state index contributed by atoms with van der Waals surface area (Å²) in [5.74, 6) is 0.374. The second-order valence-corrected chi connectivity index (χ2v) is 9.78. The number of halogens is 1. The van der Waals surface area contributed by atoms with Gasteiger partial charge in [-0.15, -0.1) is 0 Å². The minimum Gasteiger partial charge on any atom is -0.501 e. The first-order valence-corrected chi connectivity index (χ1v) is 11.3. The van der Waals surface area contributed by atoms with Crippen molar-refractivity contribution in [3.05, 3.63) is 35.1 Å². The van der Waals surface area contributed by atoms with Crippen LogP contribution in [0.25, 0.3) is 0 Å². The molecule has 10 heteroatoms. The molecular weight excluding hydrogens is 446 g/mol. The number of aromatic nitrogens is 2. The Bertz CT molecular complexity index is 1150. The molecule has 2 atom stereocenters. The van der Waals surface area contributed by atoms with Crippen molar-refractivity contribution in [2.45, 2.75) is 38.2 Å². The molecule has 0 spiro atoms. The van der Waals surface area contributed by atoms with Crippen LogP contribution in [-0.2, 0) is 4.74 Å². The van der Waals surface area contributed by atoms with Gasteiger partial charge in [0.2, 0.25) is 5.75 Å². The number of amides is 1. The molecule has 1 aromatic heterocycles. The number of nitrogens with zero attached hydrogens (tertiary/aromatic N) is 4. The predicted molar refractivity (Wildman–Crippen MR) is 119 cm³/mol. The van der Waals surface area contributed by atoms with Crippen LogP contribution in [0.2, 0.25) is 5.02 Å². The number of anilines is 2. The molecule has 2 N–H and O–H groups in total. The Morgan fingerprint density at radius 2 is 2.21 bits per heavy atom. The standard InChI is InChI=1S/C23H24ClN5O4/c1-22(4-5-22)33-21(31)29-7-6-23(9-15(23)11-29)12-32-20-18(30)19(26-13-27-20)28-17-3-2-14(10-25)8-16(17)24/h2-3,8,13,15,30H,4-7,9,11-12H2,1H3,(H,26,27,28). The number of hydrogen-bond acceptors (Lipinski definition) is 8. The number of aromatic hydroxyl groups is 1. The maximum Gasteiger partial charge on any atom is 0.410 e. The van der Waals surface area contributed by atoms with Crippen LogP contribution in [0.1, 0.15) is 38.2 Å². The summed E-state index contributed by atoms with van der Waals surface area (Å²) in [6, 6.07) is 6.80. The summed E-state index contributed by atoms with van der Waals surface area (Å²) in [7, 11) is 0. The van der Waals surface area contributed by atoms with Crippen LogP contribution in [0.5, 0.6) is 11.6 Å². The van der Waals surface area contributed by atoms with Gasteiger partial charge in [0.15, 0.2) is 5.82 Å². The van der Waals surface area contributed by atoms with Crippen LogP contribution in [0.3, 0.4) is 0 Å². The fourth-order valence-electron chi connectivity index (χ4n) is 4.26. The molecule has 2 unspecified atom stereocenters. The van der Waals surface area contributed by atoms with Crippen molar-refractivity contribution in [3.63, 3.8) is 0 Å². The summed E-state index contributed by atoms with van der Waals surface area (Å²) in [6.07, 6.45) is 4.73. The third kappa shape index (κ3) is 4.35. The second kappa shape index (κ2) is 7.96. The molecule has 9 nitrogen and oxygen atoms in total. The summed E-state index contributed by atoms with van der Waals surface area (Å²) < 4.78 is 11.5. The monoisotopic (exact) mass is 469 g/mol. The van der Waals surface area contributed by atoms with Crippen molar-refractivity contribution in [1.82, 2.24) is 14.9 Å². The van der Waals surface area contributed by atoms with Crippen LogP contribution in [-0.4, -0.2) is 51.4 Å². The van der Waals surface area contributed by atoms with E-state index in [0.29, 0.717) is 41.9 Å². The van der Waals surface area contributed by atoms with E-state index in [1.165, 1.54) is 12.4 Å². The maximum atomic E-state index is 12.4. The zero-order chi connectivity index (χ0) is 23.2. The van der Waals surface area contributed by atoms with Gasteiger partial charge in [0.05, 0.1) is 28.9 Å². The van der Waals surface area contributed by atoms with Crippen LogP contribution < -0.4 is 10.1 Å². The Morgan fingerprint density at radius 1 is 1.39 bits per heavy atom. The van der Waals surface area contributed by atoms with E-state index in [0.717, 1.165) is 25.7 Å². The number of rotatable bonds is 6. The first-order chi connectivity index (χ1) is 15.8. The van der Waals surface area contributed by atoms with Gasteiger partial charge in [-0.3, -0.25) is 0 Å². The molecule has 2 saturated carbocycles. The van der Waals surface area contributed by atoms with Crippen molar-refractivity contribution in [2.75, 3.05) is 25.0 Å². The number of piperidine rings is 1. The smallest absolute Gasteiger partial charge is 0.410 e. The van der Waals surface area contributed by atoms with Crippen molar-refractivity contribution in [1.29, 1.82) is 5.26 Å². The maximum absolute atomic E-state index is 12.4. The number of carbonyl (C=O) groups is 1. The van der Waals surface area contributed by atoms with Gasteiger partial charge in [-0.1, -0.05) is 11.6 Å². The third-order valence-electron chi connectivity index (χ3n) is 6.86. The SMILES string of the molecule is CC1(OC(=O)N2CCC3(COc4ncnc(Nc5ccc(C#N)cc5Cl)c4O)CC3C2)CC1. The molecule has 3 aliphatic rings. The summed E-state index contributed by atoms with van der Waals surface area (Å²) in [4.78, 5) is 22.3. The van der Waals surface area contributed by atoms with E-state index in [9.17, 15) is 9.90 Å². The Labute approximate surface area is 196 Å². The van der Waals surface area contributed by atoms with E-state index >= 15 is 0 Å². The lowest BCUT2D eigenvalue weighted by Crippen LogP contribution is -2.42. The predicted octanol–water partition coefficient (Wildman–Crippen LogP) is 4.23. The van der Waals surface area contributed by atoms with Crippen molar-refractivity contribution in [3.8, 4) is 17.7 Å². The molecule has 1 aliphatic heterocycles. The molecule has 3 fully saturated rings. The molecular formula is C23H24ClN5O4. The van der Waals surface area contributed by atoms with Gasteiger partial charge in [-0.2, -0.15) is 10.2 Å². The molecule has 1 saturated heterocycles. The minimum absolute atomic E-state index is 0.0122. The number of fused-ring (bicyclic) bond motifs is 1. The van der Waals surface area contributed by atoms with E-state index in [1.807, 2.05) is 13.0 Å². The van der Waals surface area contributed by atoms with Crippen molar-refractivity contribution >= 4 is 29.2 Å². The number of carbonyl (C=O) groups excluding carboxylic acids is 1. The summed E-state index contributed by atoms with van der Waals surface area (Å²) in [5.41, 5.74) is 0.648. The largest absolute Gasteiger partial charge is 0.501 e. The Hall–Kier alpha value is -3.25. The zero-order valence-electron chi connectivity index (χ0n) is 18.2. The summed E-state index contributed by atoms with van der Waals surface area (Å²) in [5, 5.41) is 22.9. The fourth-order valence-corrected chi connectivity index (χ4v) is 4.49. The highest BCUT2D eigenvalue weighted by molar-refractivity contribution is 6.33. The second-order valence-electron chi connectivity index (χ2n) is 9.37. The van der Waals surface area contributed by atoms with Gasteiger partial charge in [-0.05, 0) is 56.7 Å². The summed E-state index contributed by atoms with van der Waals surface area (Å²) >= 11 is 6.20. The van der Waals surface area contributed by atoms with Crippen LogP contribution in [0, 0.1) is 22.7 Å². The molecule has 172 valence electrons. The fraction of sp³-hybridized carbons (Fsp3) is 0.478. The Kier molecular flexibility index (Phi) is 5.20. The van der Waals surface area contributed by atoms with Crippen LogP contribution in [0.15, 0.2) is 24.5 Å². The normalized spacial score (nSPS) is 24.3. The number of likely N-dealkylation sites (tertiary alicyclic amines) is 1. The summed E-state index contributed by atoms with van der Waals surface area (Å²) in [6.45, 7) is 3.67. The van der Waals surface area contributed by atoms with Gasteiger partial charge >= 0.3 is 6.09 Å². The molecule has 1 amide bonds. The lowest BCUT2D eigenvalue weighted by Gasteiger charge is -2.31. The van der Waals surface area contributed by atoms with E-state index in [4.69, 9.17) is 26.3 Å². The van der Waals surface area contributed by atoms with E-state index in [2.05, 4.69) is 15.3 Å². The highest BCUT2D eigenvalue weighted by atomic mass is 35.5. The van der Waals surface area contributed by atoms with Gasteiger partial charge < -0.3 is 24.8 Å². The number of hydrogen-bond donors (Lipinski definition) is 2. The molecule has 5 rings (SSSR count). The molecule has 0 bridgehead atoms. The molecule has 2 aliphatic carbocycles. The average molecular weight is 470 g/mol. The van der Waals surface area contributed by atoms with E-state index in [1.54, 1.807) is 17.0 Å². The van der Waals surface area contributed by atoms with Gasteiger partial charge in [0.1, 0.15) is 11.9 Å². The molecule has 2 heterocycles. The van der Waals surface area contributed by atoms with E-state index < -0.39 is 0 Å². The number of nitriles is 1. The van der Waals surface area contributed by atoms with Crippen LogP contribution in [0.4, 0.5) is 16.3 Å². The van der Waals surface area contributed by atoms with Crippen molar-refractivity contribution < 1.29 is 19.4 Å². The number of nitrogens with one attached hydrogen (secondary N) is 1. The minimum atomic E-state index is -0.267.